The van der Waals surface area contributed by atoms with Crippen LogP contribution >= 0.6 is 0 Å². The molecule has 1 N–H and O–H groups in total. The van der Waals surface area contributed by atoms with Crippen LogP contribution in [0.25, 0.3) is 6.08 Å². The van der Waals surface area contributed by atoms with Crippen LogP contribution in [0.1, 0.15) is 17.5 Å². The normalized spacial score (nSPS) is 13.1. The number of rotatable bonds is 7. The van der Waals surface area contributed by atoms with E-state index in [2.05, 4.69) is 4.72 Å². The van der Waals surface area contributed by atoms with Crippen molar-refractivity contribution in [1.82, 2.24) is 4.72 Å². The molecule has 0 saturated heterocycles. The van der Waals surface area contributed by atoms with Gasteiger partial charge in [0.15, 0.2) is 11.5 Å². The maximum atomic E-state index is 12.0. The van der Waals surface area contributed by atoms with E-state index in [1.54, 1.807) is 18.2 Å². The van der Waals surface area contributed by atoms with E-state index in [0.717, 1.165) is 16.5 Å². The maximum Gasteiger partial charge on any atom is 0.312 e. The molecule has 0 aromatic heterocycles. The van der Waals surface area contributed by atoms with Gasteiger partial charge >= 0.3 is 5.97 Å². The highest BCUT2D eigenvalue weighted by molar-refractivity contribution is 7.92. The van der Waals surface area contributed by atoms with Crippen LogP contribution in [0, 0.1) is 6.92 Å². The van der Waals surface area contributed by atoms with Crippen LogP contribution in [0.15, 0.2) is 47.9 Å². The molecule has 0 atom stereocenters. The second kappa shape index (κ2) is 8.24. The molecule has 8 heteroatoms. The predicted octanol–water partition coefficient (Wildman–Crippen LogP) is 2.61. The van der Waals surface area contributed by atoms with Gasteiger partial charge in [-0.25, -0.2) is 13.1 Å². The van der Waals surface area contributed by atoms with Gasteiger partial charge < -0.3 is 14.2 Å². The highest BCUT2D eigenvalue weighted by Gasteiger charge is 2.15. The second-order valence-corrected chi connectivity index (χ2v) is 7.54. The standard InChI is InChI=1S/C19H19NO6S/c1-14-2-4-15(5-3-14)9-11-27(22,23)20-10-8-19(21)26-16-6-7-17-18(12-16)25-13-24-17/h2-7,9,11-12,20H,8,10,13H2,1H3/b11-9+. The molecule has 0 aliphatic carbocycles. The van der Waals surface area contributed by atoms with Gasteiger partial charge in [-0.2, -0.15) is 0 Å². The molecule has 1 aliphatic rings. The Bertz CT molecular complexity index is 951. The summed E-state index contributed by atoms with van der Waals surface area (Å²) in [5.74, 6) is 0.843. The predicted molar refractivity (Wildman–Crippen MR) is 100.0 cm³/mol. The van der Waals surface area contributed by atoms with Crippen molar-refractivity contribution in [3.8, 4) is 17.2 Å². The highest BCUT2D eigenvalue weighted by Crippen LogP contribution is 2.35. The third-order valence-corrected chi connectivity index (χ3v) is 4.83. The van der Waals surface area contributed by atoms with E-state index < -0.39 is 16.0 Å². The zero-order valence-electron chi connectivity index (χ0n) is 14.7. The Labute approximate surface area is 157 Å². The molecule has 1 heterocycles. The molecular formula is C19H19NO6S. The molecule has 3 rings (SSSR count). The van der Waals surface area contributed by atoms with Crippen molar-refractivity contribution in [2.24, 2.45) is 0 Å². The Hall–Kier alpha value is -2.84. The number of ether oxygens (including phenoxy) is 3. The van der Waals surface area contributed by atoms with Gasteiger partial charge in [0.2, 0.25) is 16.8 Å². The highest BCUT2D eigenvalue weighted by atomic mass is 32.2. The molecule has 0 bridgehead atoms. The van der Waals surface area contributed by atoms with Gasteiger partial charge in [-0.15, -0.1) is 0 Å². The first-order valence-corrected chi connectivity index (χ1v) is 9.81. The minimum atomic E-state index is -3.64. The summed E-state index contributed by atoms with van der Waals surface area (Å²) in [6.45, 7) is 2.02. The van der Waals surface area contributed by atoms with Gasteiger partial charge in [-0.05, 0) is 30.7 Å². The van der Waals surface area contributed by atoms with Gasteiger partial charge in [-0.1, -0.05) is 29.8 Å². The van der Waals surface area contributed by atoms with Crippen molar-refractivity contribution in [2.45, 2.75) is 13.3 Å². The molecule has 2 aromatic rings. The lowest BCUT2D eigenvalue weighted by atomic mass is 10.2. The summed E-state index contributed by atoms with van der Waals surface area (Å²) in [6.07, 6.45) is 1.39. The fourth-order valence-electron chi connectivity index (χ4n) is 2.31. The van der Waals surface area contributed by atoms with E-state index in [0.29, 0.717) is 17.2 Å². The van der Waals surface area contributed by atoms with Gasteiger partial charge in [0.25, 0.3) is 0 Å². The summed E-state index contributed by atoms with van der Waals surface area (Å²) in [6, 6.07) is 12.2. The fourth-order valence-corrected chi connectivity index (χ4v) is 3.13. The fraction of sp³-hybridized carbons (Fsp3) is 0.211. The summed E-state index contributed by atoms with van der Waals surface area (Å²) in [7, 11) is -3.64. The van der Waals surface area contributed by atoms with Crippen molar-refractivity contribution in [2.75, 3.05) is 13.3 Å². The number of carbonyl (C=O) groups is 1. The number of esters is 1. The summed E-state index contributed by atoms with van der Waals surface area (Å²) >= 11 is 0. The average Bonchev–Trinajstić information content (AvgIpc) is 3.09. The molecule has 1 aliphatic heterocycles. The molecule has 0 radical (unpaired) electrons. The van der Waals surface area contributed by atoms with Crippen molar-refractivity contribution in [3.63, 3.8) is 0 Å². The Morgan fingerprint density at radius 1 is 1.15 bits per heavy atom. The molecule has 0 fully saturated rings. The lowest BCUT2D eigenvalue weighted by Crippen LogP contribution is -2.25. The topological polar surface area (TPSA) is 90.9 Å². The largest absolute Gasteiger partial charge is 0.454 e. The van der Waals surface area contributed by atoms with E-state index in [9.17, 15) is 13.2 Å². The Morgan fingerprint density at radius 2 is 1.89 bits per heavy atom. The summed E-state index contributed by atoms with van der Waals surface area (Å²) < 4.78 is 41.8. The first-order chi connectivity index (χ1) is 12.9. The van der Waals surface area contributed by atoms with Gasteiger partial charge in [-0.3, -0.25) is 4.79 Å². The summed E-state index contributed by atoms with van der Waals surface area (Å²) in [4.78, 5) is 11.9. The van der Waals surface area contributed by atoms with E-state index in [4.69, 9.17) is 14.2 Å². The van der Waals surface area contributed by atoms with Gasteiger partial charge in [0.1, 0.15) is 5.75 Å². The zero-order chi connectivity index (χ0) is 19.3. The number of sulfonamides is 1. The number of carbonyl (C=O) groups excluding carboxylic acids is 1. The minimum absolute atomic E-state index is 0.0655. The number of nitrogens with one attached hydrogen (secondary N) is 1. The van der Waals surface area contributed by atoms with Gasteiger partial charge in [0.05, 0.1) is 6.42 Å². The van der Waals surface area contributed by atoms with E-state index in [-0.39, 0.29) is 19.8 Å². The van der Waals surface area contributed by atoms with E-state index in [1.807, 2.05) is 31.2 Å². The van der Waals surface area contributed by atoms with Crippen LogP contribution in [0.2, 0.25) is 0 Å². The van der Waals surface area contributed by atoms with Crippen LogP contribution in [0.5, 0.6) is 17.2 Å². The molecule has 0 unspecified atom stereocenters. The smallest absolute Gasteiger partial charge is 0.312 e. The minimum Gasteiger partial charge on any atom is -0.454 e. The summed E-state index contributed by atoms with van der Waals surface area (Å²) in [5.41, 5.74) is 1.86. The number of aryl methyl sites for hydroxylation is 1. The summed E-state index contributed by atoms with van der Waals surface area (Å²) in [5, 5.41) is 1.07. The van der Waals surface area contributed by atoms with Crippen LogP contribution in [-0.2, 0) is 14.8 Å². The Kier molecular flexibility index (Phi) is 5.78. The number of benzene rings is 2. The molecule has 0 spiro atoms. The average molecular weight is 389 g/mol. The molecule has 142 valence electrons. The first-order valence-electron chi connectivity index (χ1n) is 8.26. The van der Waals surface area contributed by atoms with Crippen molar-refractivity contribution >= 4 is 22.1 Å². The van der Waals surface area contributed by atoms with Crippen molar-refractivity contribution in [3.05, 3.63) is 59.0 Å². The molecular weight excluding hydrogens is 370 g/mol. The van der Waals surface area contributed by atoms with E-state index in [1.165, 1.54) is 6.08 Å². The van der Waals surface area contributed by atoms with Crippen LogP contribution < -0.4 is 18.9 Å². The SMILES string of the molecule is Cc1ccc(/C=C/S(=O)(=O)NCCC(=O)Oc2ccc3c(c2)OCO3)cc1. The number of hydrogen-bond acceptors (Lipinski definition) is 6. The number of hydrogen-bond donors (Lipinski definition) is 1. The quantitative estimate of drug-likeness (QED) is 0.578. The molecule has 27 heavy (non-hydrogen) atoms. The van der Waals surface area contributed by atoms with Crippen LogP contribution in [0.4, 0.5) is 0 Å². The number of fused-ring (bicyclic) bond motifs is 1. The molecule has 0 amide bonds. The maximum absolute atomic E-state index is 12.0. The van der Waals surface area contributed by atoms with Crippen molar-refractivity contribution < 1.29 is 27.4 Å². The third kappa shape index (κ3) is 5.57. The van der Waals surface area contributed by atoms with Gasteiger partial charge in [0, 0.05) is 18.0 Å². The second-order valence-electron chi connectivity index (χ2n) is 5.89. The Balaban J connectivity index is 1.46. The molecule has 7 nitrogen and oxygen atoms in total. The van der Waals surface area contributed by atoms with Crippen LogP contribution in [-0.4, -0.2) is 27.7 Å². The van der Waals surface area contributed by atoms with E-state index >= 15 is 0 Å². The molecule has 0 saturated carbocycles. The third-order valence-electron chi connectivity index (χ3n) is 3.73. The monoisotopic (exact) mass is 389 g/mol. The lowest BCUT2D eigenvalue weighted by molar-refractivity contribution is -0.134. The van der Waals surface area contributed by atoms with Crippen LogP contribution in [0.3, 0.4) is 0 Å². The Morgan fingerprint density at radius 3 is 2.67 bits per heavy atom. The lowest BCUT2D eigenvalue weighted by Gasteiger charge is -2.06. The molecule has 2 aromatic carbocycles. The van der Waals surface area contributed by atoms with Crippen molar-refractivity contribution in [1.29, 1.82) is 0 Å². The first kappa shape index (κ1) is 18.9. The zero-order valence-corrected chi connectivity index (χ0v) is 15.5.